The number of carbonyl (C=O) groups is 1. The second-order valence-corrected chi connectivity index (χ2v) is 8.39. The normalized spacial score (nSPS) is 19.0. The Morgan fingerprint density at radius 2 is 1.45 bits per heavy atom. The number of hydrogen-bond donors (Lipinski definition) is 0. The Morgan fingerprint density at radius 1 is 0.862 bits per heavy atom. The highest BCUT2D eigenvalue weighted by atomic mass is 16.5. The largest absolute Gasteiger partial charge is 0.494 e. The molecule has 0 aliphatic heterocycles. The number of hydrogen-bond acceptors (Lipinski definition) is 3. The van der Waals surface area contributed by atoms with Crippen LogP contribution in [0.1, 0.15) is 74.2 Å². The molecule has 2 aromatic carbocycles. The molecule has 0 atom stereocenters. The van der Waals surface area contributed by atoms with Gasteiger partial charge < -0.3 is 9.47 Å². The van der Waals surface area contributed by atoms with Crippen LogP contribution in [0.15, 0.2) is 48.5 Å². The summed E-state index contributed by atoms with van der Waals surface area (Å²) in [6.45, 7) is 5.04. The summed E-state index contributed by atoms with van der Waals surface area (Å²) < 4.78 is 11.3. The molecule has 0 aromatic heterocycles. The summed E-state index contributed by atoms with van der Waals surface area (Å²) in [6.07, 6.45) is 10.7. The molecule has 0 N–H and O–H groups in total. The monoisotopic (exact) mass is 394 g/mol. The zero-order valence-electron chi connectivity index (χ0n) is 17.9. The van der Waals surface area contributed by atoms with Gasteiger partial charge >= 0.3 is 5.97 Å². The zero-order chi connectivity index (χ0) is 20.5. The van der Waals surface area contributed by atoms with E-state index in [1.165, 1.54) is 44.9 Å². The Labute approximate surface area is 175 Å². The molecule has 29 heavy (non-hydrogen) atoms. The quantitative estimate of drug-likeness (QED) is 0.261. The molecule has 0 unspecified atom stereocenters. The second kappa shape index (κ2) is 11.0. The van der Waals surface area contributed by atoms with E-state index in [4.69, 9.17) is 9.47 Å². The van der Waals surface area contributed by atoms with E-state index >= 15 is 0 Å². The molecule has 1 fully saturated rings. The molecule has 0 heterocycles. The number of aryl methyl sites for hydroxylation is 1. The van der Waals surface area contributed by atoms with E-state index in [9.17, 15) is 4.79 Å². The Hall–Kier alpha value is -2.29. The molecule has 0 bridgehead atoms. The number of rotatable bonds is 9. The highest BCUT2D eigenvalue weighted by Gasteiger charge is 2.20. The predicted molar refractivity (Wildman–Crippen MR) is 118 cm³/mol. The van der Waals surface area contributed by atoms with Crippen molar-refractivity contribution in [3.8, 4) is 11.5 Å². The van der Waals surface area contributed by atoms with E-state index in [-0.39, 0.29) is 5.97 Å². The molecule has 3 heteroatoms. The van der Waals surface area contributed by atoms with E-state index in [0.717, 1.165) is 36.2 Å². The molecule has 1 aliphatic rings. The topological polar surface area (TPSA) is 35.5 Å². The second-order valence-electron chi connectivity index (χ2n) is 8.39. The Kier molecular flexibility index (Phi) is 8.15. The number of ether oxygens (including phenoxy) is 2. The van der Waals surface area contributed by atoms with Gasteiger partial charge in [0.15, 0.2) is 0 Å². The molecule has 3 nitrogen and oxygen atoms in total. The number of esters is 1. The lowest BCUT2D eigenvalue weighted by Crippen LogP contribution is -2.15. The summed E-state index contributed by atoms with van der Waals surface area (Å²) in [5, 5.41) is 0. The molecule has 0 spiro atoms. The maximum absolute atomic E-state index is 12.2. The minimum atomic E-state index is -0.348. The molecule has 0 amide bonds. The van der Waals surface area contributed by atoms with Crippen molar-refractivity contribution in [3.05, 3.63) is 59.7 Å². The average Bonchev–Trinajstić information content (AvgIpc) is 2.74. The summed E-state index contributed by atoms with van der Waals surface area (Å²) in [7, 11) is 0. The Morgan fingerprint density at radius 3 is 2.07 bits per heavy atom. The van der Waals surface area contributed by atoms with Gasteiger partial charge in [0.25, 0.3) is 0 Å². The van der Waals surface area contributed by atoms with Gasteiger partial charge in [-0.2, -0.15) is 0 Å². The van der Waals surface area contributed by atoms with Crippen LogP contribution in [0.3, 0.4) is 0 Å². The minimum absolute atomic E-state index is 0.348. The fourth-order valence-electron chi connectivity index (χ4n) is 4.24. The van der Waals surface area contributed by atoms with Crippen molar-refractivity contribution in [2.75, 3.05) is 6.61 Å². The summed E-state index contributed by atoms with van der Waals surface area (Å²) in [6, 6.07) is 14.7. The first-order valence-corrected chi connectivity index (χ1v) is 11.2. The molecule has 1 aliphatic carbocycles. The molecule has 0 saturated heterocycles. The molecule has 3 rings (SSSR count). The predicted octanol–water partition coefficient (Wildman–Crippen LogP) is 6.98. The highest BCUT2D eigenvalue weighted by molar-refractivity contribution is 5.91. The van der Waals surface area contributed by atoms with Gasteiger partial charge in [-0.1, -0.05) is 63.1 Å². The smallest absolute Gasteiger partial charge is 0.343 e. The lowest BCUT2D eigenvalue weighted by Gasteiger charge is -2.28. The van der Waals surface area contributed by atoms with Crippen molar-refractivity contribution in [1.82, 2.24) is 0 Å². The fraction of sp³-hybridized carbons (Fsp3) is 0.500. The van der Waals surface area contributed by atoms with E-state index in [1.54, 1.807) is 24.3 Å². The van der Waals surface area contributed by atoms with Gasteiger partial charge in [-0.15, -0.1) is 0 Å². The molecule has 156 valence electrons. The zero-order valence-corrected chi connectivity index (χ0v) is 17.9. The van der Waals surface area contributed by atoms with Crippen molar-refractivity contribution < 1.29 is 14.3 Å². The SMILES string of the molecule is CCCC1CCC(CCCOc2ccc(C(=O)Oc3ccc(C)cc3)cc2)CC1. The summed E-state index contributed by atoms with van der Waals surface area (Å²) >= 11 is 0. The summed E-state index contributed by atoms with van der Waals surface area (Å²) in [4.78, 5) is 12.2. The Balaban J connectivity index is 1.36. The van der Waals surface area contributed by atoms with E-state index in [2.05, 4.69) is 6.92 Å². The third-order valence-corrected chi connectivity index (χ3v) is 6.01. The van der Waals surface area contributed by atoms with Crippen molar-refractivity contribution in [2.45, 2.75) is 65.2 Å². The number of benzene rings is 2. The van der Waals surface area contributed by atoms with Gasteiger partial charge in [0.2, 0.25) is 0 Å². The van der Waals surface area contributed by atoms with Crippen LogP contribution < -0.4 is 9.47 Å². The van der Waals surface area contributed by atoms with Crippen molar-refractivity contribution in [2.24, 2.45) is 11.8 Å². The van der Waals surface area contributed by atoms with Gasteiger partial charge in [0, 0.05) is 0 Å². The van der Waals surface area contributed by atoms with Crippen LogP contribution in [0, 0.1) is 18.8 Å². The fourth-order valence-corrected chi connectivity index (χ4v) is 4.24. The van der Waals surface area contributed by atoms with E-state index < -0.39 is 0 Å². The average molecular weight is 395 g/mol. The molecular formula is C26H34O3. The molecule has 2 aromatic rings. The first kappa shape index (κ1) is 21.4. The van der Waals surface area contributed by atoms with Crippen LogP contribution in [-0.4, -0.2) is 12.6 Å². The van der Waals surface area contributed by atoms with Crippen LogP contribution in [0.4, 0.5) is 0 Å². The first-order chi connectivity index (χ1) is 14.1. The number of carbonyl (C=O) groups excluding carboxylic acids is 1. The van der Waals surface area contributed by atoms with Crippen LogP contribution in [0.5, 0.6) is 11.5 Å². The van der Waals surface area contributed by atoms with Crippen molar-refractivity contribution in [3.63, 3.8) is 0 Å². The highest BCUT2D eigenvalue weighted by Crippen LogP contribution is 2.33. The van der Waals surface area contributed by atoms with Gasteiger partial charge in [-0.05, 0) is 68.0 Å². The lowest BCUT2D eigenvalue weighted by molar-refractivity contribution is 0.0734. The standard InChI is InChI=1S/C26H34O3/c1-3-5-21-9-11-22(12-10-21)6-4-19-28-24-17-13-23(14-18-24)26(27)29-25-15-7-20(2)8-16-25/h7-8,13-18,21-22H,3-6,9-12,19H2,1-2H3. The van der Waals surface area contributed by atoms with Gasteiger partial charge in [-0.25, -0.2) is 4.79 Å². The minimum Gasteiger partial charge on any atom is -0.494 e. The Bertz CT molecular complexity index is 741. The van der Waals surface area contributed by atoms with E-state index in [0.29, 0.717) is 11.3 Å². The van der Waals surface area contributed by atoms with Crippen molar-refractivity contribution >= 4 is 5.97 Å². The maximum Gasteiger partial charge on any atom is 0.343 e. The molecular weight excluding hydrogens is 360 g/mol. The lowest BCUT2D eigenvalue weighted by atomic mass is 9.78. The van der Waals surface area contributed by atoms with Crippen LogP contribution in [0.25, 0.3) is 0 Å². The third-order valence-electron chi connectivity index (χ3n) is 6.01. The summed E-state index contributed by atoms with van der Waals surface area (Å²) in [5.74, 6) is 2.88. The maximum atomic E-state index is 12.2. The van der Waals surface area contributed by atoms with Crippen molar-refractivity contribution in [1.29, 1.82) is 0 Å². The van der Waals surface area contributed by atoms with Gasteiger partial charge in [0.1, 0.15) is 11.5 Å². The summed E-state index contributed by atoms with van der Waals surface area (Å²) in [5.41, 5.74) is 1.66. The van der Waals surface area contributed by atoms with Crippen LogP contribution >= 0.6 is 0 Å². The third kappa shape index (κ3) is 6.92. The van der Waals surface area contributed by atoms with Gasteiger partial charge in [0.05, 0.1) is 12.2 Å². The van der Waals surface area contributed by atoms with Crippen LogP contribution in [-0.2, 0) is 0 Å². The molecule has 1 saturated carbocycles. The molecule has 0 radical (unpaired) electrons. The first-order valence-electron chi connectivity index (χ1n) is 11.2. The van der Waals surface area contributed by atoms with Crippen LogP contribution in [0.2, 0.25) is 0 Å². The van der Waals surface area contributed by atoms with E-state index in [1.807, 2.05) is 31.2 Å². The van der Waals surface area contributed by atoms with Gasteiger partial charge in [-0.3, -0.25) is 0 Å².